The number of nitrogens with zero attached hydrogens (tertiary/aromatic N) is 2. The van der Waals surface area contributed by atoms with Crippen molar-refractivity contribution in [2.75, 3.05) is 13.1 Å². The summed E-state index contributed by atoms with van der Waals surface area (Å²) in [4.78, 5) is 16.1. The van der Waals surface area contributed by atoms with Crippen LogP contribution in [0.2, 0.25) is 0 Å². The second-order valence-electron chi connectivity index (χ2n) is 9.22. The molecule has 0 radical (unpaired) electrons. The van der Waals surface area contributed by atoms with Crippen molar-refractivity contribution in [1.82, 2.24) is 9.21 Å². The van der Waals surface area contributed by atoms with Crippen molar-refractivity contribution >= 4 is 15.9 Å². The Kier molecular flexibility index (Phi) is 5.39. The Hall–Kier alpha value is -2.18. The van der Waals surface area contributed by atoms with Crippen LogP contribution in [0.5, 0.6) is 0 Å². The third-order valence-electron chi connectivity index (χ3n) is 7.09. The van der Waals surface area contributed by atoms with Gasteiger partial charge in [-0.25, -0.2) is 8.42 Å². The number of rotatable bonds is 5. The molecule has 2 aliphatic carbocycles. The molecule has 1 unspecified atom stereocenters. The molecule has 1 saturated carbocycles. The van der Waals surface area contributed by atoms with Crippen LogP contribution in [-0.4, -0.2) is 42.7 Å². The lowest BCUT2D eigenvalue weighted by Crippen LogP contribution is -2.45. The maximum atomic E-state index is 13.6. The van der Waals surface area contributed by atoms with E-state index in [-0.39, 0.29) is 17.9 Å². The molecule has 31 heavy (non-hydrogen) atoms. The van der Waals surface area contributed by atoms with Gasteiger partial charge in [-0.2, -0.15) is 4.31 Å². The van der Waals surface area contributed by atoms with E-state index in [1.54, 1.807) is 16.4 Å². The number of fused-ring (bicyclic) bond motifs is 1. The highest BCUT2D eigenvalue weighted by Crippen LogP contribution is 2.43. The summed E-state index contributed by atoms with van der Waals surface area (Å²) >= 11 is 0. The Labute approximate surface area is 185 Å². The van der Waals surface area contributed by atoms with Crippen LogP contribution in [-0.2, 0) is 21.2 Å². The molecular formula is C25H30N2O3S. The molecule has 2 aromatic carbocycles. The van der Waals surface area contributed by atoms with Gasteiger partial charge in [-0.3, -0.25) is 4.79 Å². The molecule has 1 aliphatic heterocycles. The number of benzene rings is 2. The smallest absolute Gasteiger partial charge is 0.243 e. The SMILES string of the molecule is Cc1ccc(S(=O)(=O)N2CCC(C(=O)N(C3CC3)C3CCc4ccccc43)CC2)cc1. The van der Waals surface area contributed by atoms with Crippen LogP contribution in [0.1, 0.15) is 54.8 Å². The molecule has 0 spiro atoms. The number of hydrogen-bond donors (Lipinski definition) is 0. The Morgan fingerprint density at radius 3 is 2.29 bits per heavy atom. The highest BCUT2D eigenvalue weighted by atomic mass is 32.2. The fraction of sp³-hybridized carbons (Fsp3) is 0.480. The largest absolute Gasteiger partial charge is 0.332 e. The second kappa shape index (κ2) is 8.06. The first-order valence-electron chi connectivity index (χ1n) is 11.4. The highest BCUT2D eigenvalue weighted by molar-refractivity contribution is 7.89. The van der Waals surface area contributed by atoms with Crippen LogP contribution < -0.4 is 0 Å². The lowest BCUT2D eigenvalue weighted by molar-refractivity contribution is -0.140. The van der Waals surface area contributed by atoms with Crippen LogP contribution in [0.4, 0.5) is 0 Å². The first-order valence-corrected chi connectivity index (χ1v) is 12.9. The molecule has 3 aliphatic rings. The molecular weight excluding hydrogens is 408 g/mol. The molecule has 1 atom stereocenters. The molecule has 1 amide bonds. The zero-order valence-corrected chi connectivity index (χ0v) is 18.9. The molecule has 6 heteroatoms. The van der Waals surface area contributed by atoms with Crippen molar-refractivity contribution in [3.8, 4) is 0 Å². The average molecular weight is 439 g/mol. The van der Waals surface area contributed by atoms with Gasteiger partial charge in [-0.15, -0.1) is 0 Å². The van der Waals surface area contributed by atoms with Gasteiger partial charge in [0, 0.05) is 25.0 Å². The normalized spacial score (nSPS) is 22.3. The van der Waals surface area contributed by atoms with Crippen molar-refractivity contribution in [2.24, 2.45) is 5.92 Å². The molecule has 0 bridgehead atoms. The number of amides is 1. The fourth-order valence-electron chi connectivity index (χ4n) is 5.18. The van der Waals surface area contributed by atoms with Crippen LogP contribution in [0.3, 0.4) is 0 Å². The number of aryl methyl sites for hydroxylation is 2. The predicted molar refractivity (Wildman–Crippen MR) is 120 cm³/mol. The van der Waals surface area contributed by atoms with Crippen molar-refractivity contribution in [3.63, 3.8) is 0 Å². The molecule has 164 valence electrons. The summed E-state index contributed by atoms with van der Waals surface area (Å²) in [6.45, 7) is 2.76. The van der Waals surface area contributed by atoms with E-state index in [2.05, 4.69) is 29.2 Å². The summed E-state index contributed by atoms with van der Waals surface area (Å²) in [5.74, 6) is 0.148. The Morgan fingerprint density at radius 1 is 0.935 bits per heavy atom. The first-order chi connectivity index (χ1) is 14.9. The minimum absolute atomic E-state index is 0.0853. The van der Waals surface area contributed by atoms with Crippen LogP contribution in [0.15, 0.2) is 53.4 Å². The van der Waals surface area contributed by atoms with E-state index >= 15 is 0 Å². The number of piperidine rings is 1. The summed E-state index contributed by atoms with van der Waals surface area (Å²) in [6.07, 6.45) is 5.41. The third-order valence-corrected chi connectivity index (χ3v) is 9.01. The van der Waals surface area contributed by atoms with Gasteiger partial charge in [-0.1, -0.05) is 42.0 Å². The average Bonchev–Trinajstić information content (AvgIpc) is 3.53. The van der Waals surface area contributed by atoms with E-state index in [1.165, 1.54) is 11.1 Å². The number of sulfonamides is 1. The topological polar surface area (TPSA) is 57.7 Å². The second-order valence-corrected chi connectivity index (χ2v) is 11.2. The zero-order chi connectivity index (χ0) is 21.6. The molecule has 0 aromatic heterocycles. The van der Waals surface area contributed by atoms with Gasteiger partial charge >= 0.3 is 0 Å². The monoisotopic (exact) mass is 438 g/mol. The molecule has 2 aromatic rings. The summed E-state index contributed by atoms with van der Waals surface area (Å²) in [6, 6.07) is 16.1. The Balaban J connectivity index is 1.29. The molecule has 2 fully saturated rings. The number of hydrogen-bond acceptors (Lipinski definition) is 3. The molecule has 1 saturated heterocycles. The van der Waals surface area contributed by atoms with Gasteiger partial charge < -0.3 is 4.90 Å². The van der Waals surface area contributed by atoms with Crippen molar-refractivity contribution in [1.29, 1.82) is 0 Å². The van der Waals surface area contributed by atoms with Gasteiger partial charge in [0.05, 0.1) is 10.9 Å². The number of carbonyl (C=O) groups is 1. The van der Waals surface area contributed by atoms with Gasteiger partial charge in [-0.05, 0) is 68.7 Å². The maximum Gasteiger partial charge on any atom is 0.243 e. The quantitative estimate of drug-likeness (QED) is 0.707. The fourth-order valence-corrected chi connectivity index (χ4v) is 6.65. The van der Waals surface area contributed by atoms with E-state index in [1.807, 2.05) is 19.1 Å². The minimum atomic E-state index is -3.50. The molecule has 1 heterocycles. The van der Waals surface area contributed by atoms with E-state index in [0.717, 1.165) is 31.2 Å². The van der Waals surface area contributed by atoms with Crippen molar-refractivity contribution in [3.05, 3.63) is 65.2 Å². The molecule has 5 nitrogen and oxygen atoms in total. The minimum Gasteiger partial charge on any atom is -0.332 e. The summed E-state index contributed by atoms with van der Waals surface area (Å²) in [7, 11) is -3.50. The van der Waals surface area contributed by atoms with Crippen molar-refractivity contribution in [2.45, 2.75) is 62.4 Å². The Bertz CT molecular complexity index is 1070. The summed E-state index contributed by atoms with van der Waals surface area (Å²) < 4.78 is 27.6. The lowest BCUT2D eigenvalue weighted by atomic mass is 9.95. The van der Waals surface area contributed by atoms with E-state index in [0.29, 0.717) is 36.9 Å². The summed E-state index contributed by atoms with van der Waals surface area (Å²) in [5.41, 5.74) is 3.71. The molecule has 5 rings (SSSR count). The predicted octanol–water partition coefficient (Wildman–Crippen LogP) is 4.07. The summed E-state index contributed by atoms with van der Waals surface area (Å²) in [5, 5.41) is 0. The lowest BCUT2D eigenvalue weighted by Gasteiger charge is -2.36. The van der Waals surface area contributed by atoms with Crippen molar-refractivity contribution < 1.29 is 13.2 Å². The zero-order valence-electron chi connectivity index (χ0n) is 18.0. The number of carbonyl (C=O) groups excluding carboxylic acids is 1. The van der Waals surface area contributed by atoms with Gasteiger partial charge in [0.2, 0.25) is 15.9 Å². The van der Waals surface area contributed by atoms with Gasteiger partial charge in [0.15, 0.2) is 0 Å². The van der Waals surface area contributed by atoms with Crippen LogP contribution in [0.25, 0.3) is 0 Å². The van der Waals surface area contributed by atoms with Gasteiger partial charge in [0.25, 0.3) is 0 Å². The highest BCUT2D eigenvalue weighted by Gasteiger charge is 2.43. The molecule has 0 N–H and O–H groups in total. The first kappa shape index (κ1) is 20.7. The van der Waals surface area contributed by atoms with E-state index < -0.39 is 10.0 Å². The van der Waals surface area contributed by atoms with Crippen LogP contribution >= 0.6 is 0 Å². The Morgan fingerprint density at radius 2 is 1.61 bits per heavy atom. The van der Waals surface area contributed by atoms with E-state index in [9.17, 15) is 13.2 Å². The standard InChI is InChI=1S/C25H30N2O3S/c1-18-6-11-22(12-7-18)31(29,30)26-16-14-20(15-17-26)25(28)27(21-9-10-21)24-13-8-19-4-2-3-5-23(19)24/h2-7,11-12,20-21,24H,8-10,13-17H2,1H3. The third kappa shape index (κ3) is 3.92. The maximum absolute atomic E-state index is 13.6. The van der Waals surface area contributed by atoms with E-state index in [4.69, 9.17) is 0 Å². The van der Waals surface area contributed by atoms with Crippen LogP contribution in [0, 0.1) is 12.8 Å². The van der Waals surface area contributed by atoms with Gasteiger partial charge in [0.1, 0.15) is 0 Å².